The molecule has 1 unspecified atom stereocenters. The van der Waals surface area contributed by atoms with Gasteiger partial charge in [0.1, 0.15) is 0 Å². The zero-order chi connectivity index (χ0) is 8.91. The number of rotatable bonds is 5. The van der Waals surface area contributed by atoms with Crippen molar-refractivity contribution in [1.29, 1.82) is 0 Å². The van der Waals surface area contributed by atoms with Crippen molar-refractivity contribution in [2.45, 2.75) is 6.92 Å². The van der Waals surface area contributed by atoms with Gasteiger partial charge in [-0.2, -0.15) is 8.42 Å². The topological polar surface area (TPSA) is 81.4 Å². The quantitative estimate of drug-likeness (QED) is 0.576. The fourth-order valence-corrected chi connectivity index (χ4v) is 1.12. The molecule has 0 rings (SSSR count). The average molecular weight is 182 g/mol. The van der Waals surface area contributed by atoms with E-state index in [4.69, 9.17) is 9.88 Å². The van der Waals surface area contributed by atoms with E-state index in [1.807, 2.05) is 6.92 Å². The highest BCUT2D eigenvalue weighted by atomic mass is 32.2. The Hall–Kier alpha value is -0.170. The molecule has 3 N–H and O–H groups in total. The minimum absolute atomic E-state index is 0.137. The summed E-state index contributed by atoms with van der Waals surface area (Å²) in [5.41, 5.74) is 0. The Labute approximate surface area is 67.1 Å². The molecule has 0 radical (unpaired) electrons. The standard InChI is InChI=1S/C5H14N2O3S/c1-5(4-10-2)3-7-11(6,8)9/h5,7H,3-4H2,1-2H3,(H2,6,8,9). The molecule has 68 valence electrons. The van der Waals surface area contributed by atoms with Crippen molar-refractivity contribution in [3.05, 3.63) is 0 Å². The van der Waals surface area contributed by atoms with Gasteiger partial charge < -0.3 is 4.74 Å². The SMILES string of the molecule is COCC(C)CNS(N)(=O)=O. The maximum absolute atomic E-state index is 10.4. The lowest BCUT2D eigenvalue weighted by Crippen LogP contribution is -2.35. The second-order valence-electron chi connectivity index (χ2n) is 2.45. The van der Waals surface area contributed by atoms with Gasteiger partial charge in [-0.05, 0) is 5.92 Å². The molecule has 0 amide bonds. The molecule has 0 bridgehead atoms. The van der Waals surface area contributed by atoms with Crippen molar-refractivity contribution in [3.8, 4) is 0 Å². The van der Waals surface area contributed by atoms with E-state index < -0.39 is 10.2 Å². The van der Waals surface area contributed by atoms with Crippen molar-refractivity contribution >= 4 is 10.2 Å². The van der Waals surface area contributed by atoms with Crippen molar-refractivity contribution in [2.75, 3.05) is 20.3 Å². The fourth-order valence-electron chi connectivity index (χ4n) is 0.602. The minimum Gasteiger partial charge on any atom is -0.384 e. The van der Waals surface area contributed by atoms with Gasteiger partial charge in [-0.3, -0.25) is 0 Å². The lowest BCUT2D eigenvalue weighted by molar-refractivity contribution is 0.161. The molecular weight excluding hydrogens is 168 g/mol. The van der Waals surface area contributed by atoms with Gasteiger partial charge in [-0.25, -0.2) is 9.86 Å². The van der Waals surface area contributed by atoms with Crippen LogP contribution in [0.4, 0.5) is 0 Å². The Morgan fingerprint density at radius 2 is 2.18 bits per heavy atom. The van der Waals surface area contributed by atoms with Gasteiger partial charge in [-0.15, -0.1) is 0 Å². The van der Waals surface area contributed by atoms with Gasteiger partial charge in [0.15, 0.2) is 0 Å². The van der Waals surface area contributed by atoms with Crippen molar-refractivity contribution < 1.29 is 13.2 Å². The van der Waals surface area contributed by atoms with Crippen LogP contribution in [-0.2, 0) is 14.9 Å². The Bertz CT molecular complexity index is 190. The first-order chi connectivity index (χ1) is 4.95. The van der Waals surface area contributed by atoms with Gasteiger partial charge >= 0.3 is 0 Å². The molecule has 0 aliphatic heterocycles. The lowest BCUT2D eigenvalue weighted by Gasteiger charge is -2.09. The van der Waals surface area contributed by atoms with Gasteiger partial charge in [-0.1, -0.05) is 6.92 Å². The molecule has 0 aliphatic carbocycles. The van der Waals surface area contributed by atoms with E-state index in [9.17, 15) is 8.42 Å². The van der Waals surface area contributed by atoms with E-state index in [-0.39, 0.29) is 5.92 Å². The number of methoxy groups -OCH3 is 1. The van der Waals surface area contributed by atoms with Crippen molar-refractivity contribution in [1.82, 2.24) is 4.72 Å². The molecule has 0 saturated heterocycles. The maximum Gasteiger partial charge on any atom is 0.274 e. The van der Waals surface area contributed by atoms with Crippen LogP contribution in [0.2, 0.25) is 0 Å². The van der Waals surface area contributed by atoms with Crippen LogP contribution in [0.15, 0.2) is 0 Å². The van der Waals surface area contributed by atoms with Crippen molar-refractivity contribution in [3.63, 3.8) is 0 Å². The highest BCUT2D eigenvalue weighted by Gasteiger charge is 2.05. The molecule has 0 spiro atoms. The molecule has 11 heavy (non-hydrogen) atoms. The summed E-state index contributed by atoms with van der Waals surface area (Å²) in [6.07, 6.45) is 0. The largest absolute Gasteiger partial charge is 0.384 e. The predicted octanol–water partition coefficient (Wildman–Crippen LogP) is -0.938. The molecule has 0 aromatic heterocycles. The van der Waals surface area contributed by atoms with Crippen LogP contribution in [0.5, 0.6) is 0 Å². The number of hydrogen-bond acceptors (Lipinski definition) is 3. The molecular formula is C5H14N2O3S. The molecule has 0 aromatic carbocycles. The first-order valence-electron chi connectivity index (χ1n) is 3.22. The monoisotopic (exact) mass is 182 g/mol. The smallest absolute Gasteiger partial charge is 0.274 e. The van der Waals surface area contributed by atoms with Crippen LogP contribution in [0.3, 0.4) is 0 Å². The summed E-state index contributed by atoms with van der Waals surface area (Å²) in [5.74, 6) is 0.137. The van der Waals surface area contributed by atoms with E-state index in [1.54, 1.807) is 7.11 Å². The summed E-state index contributed by atoms with van der Waals surface area (Å²) in [5, 5.41) is 4.70. The normalized spacial score (nSPS) is 14.8. The fraction of sp³-hybridized carbons (Fsp3) is 1.00. The van der Waals surface area contributed by atoms with Gasteiger partial charge in [0, 0.05) is 20.3 Å². The van der Waals surface area contributed by atoms with E-state index >= 15 is 0 Å². The zero-order valence-corrected chi connectivity index (χ0v) is 7.52. The summed E-state index contributed by atoms with van der Waals surface area (Å²) in [6.45, 7) is 2.69. The maximum atomic E-state index is 10.4. The second-order valence-corrected chi connectivity index (χ2v) is 3.83. The first kappa shape index (κ1) is 10.8. The molecule has 0 saturated carbocycles. The molecule has 0 aromatic rings. The van der Waals surface area contributed by atoms with Crippen LogP contribution >= 0.6 is 0 Å². The number of hydrogen-bond donors (Lipinski definition) is 2. The third-order valence-corrected chi connectivity index (χ3v) is 1.65. The summed E-state index contributed by atoms with van der Waals surface area (Å²) in [6, 6.07) is 0. The van der Waals surface area contributed by atoms with Crippen LogP contribution in [0.1, 0.15) is 6.92 Å². The Morgan fingerprint density at radius 1 is 1.64 bits per heavy atom. The molecule has 1 atom stereocenters. The molecule has 0 fully saturated rings. The molecule has 0 heterocycles. The van der Waals surface area contributed by atoms with Gasteiger partial charge in [0.2, 0.25) is 0 Å². The van der Waals surface area contributed by atoms with Crippen LogP contribution in [0.25, 0.3) is 0 Å². The summed E-state index contributed by atoms with van der Waals surface area (Å²) < 4.78 is 27.7. The molecule has 6 heteroatoms. The third-order valence-electron chi connectivity index (χ3n) is 1.08. The van der Waals surface area contributed by atoms with E-state index in [0.29, 0.717) is 13.2 Å². The van der Waals surface area contributed by atoms with E-state index in [0.717, 1.165) is 0 Å². The number of ether oxygens (including phenoxy) is 1. The van der Waals surface area contributed by atoms with Gasteiger partial charge in [0.25, 0.3) is 10.2 Å². The minimum atomic E-state index is -3.54. The first-order valence-corrected chi connectivity index (χ1v) is 4.76. The molecule has 5 nitrogen and oxygen atoms in total. The lowest BCUT2D eigenvalue weighted by atomic mass is 10.2. The van der Waals surface area contributed by atoms with Crippen molar-refractivity contribution in [2.24, 2.45) is 11.1 Å². The highest BCUT2D eigenvalue weighted by Crippen LogP contribution is 1.91. The van der Waals surface area contributed by atoms with E-state index in [1.165, 1.54) is 0 Å². The number of nitrogens with one attached hydrogen (secondary N) is 1. The average Bonchev–Trinajstić information content (AvgIpc) is 1.83. The summed E-state index contributed by atoms with van der Waals surface area (Å²) in [4.78, 5) is 0. The summed E-state index contributed by atoms with van der Waals surface area (Å²) >= 11 is 0. The van der Waals surface area contributed by atoms with Crippen LogP contribution in [-0.4, -0.2) is 28.7 Å². The third kappa shape index (κ3) is 7.73. The van der Waals surface area contributed by atoms with E-state index in [2.05, 4.69) is 4.72 Å². The zero-order valence-electron chi connectivity index (χ0n) is 6.70. The Morgan fingerprint density at radius 3 is 2.55 bits per heavy atom. The Balaban J connectivity index is 3.54. The predicted molar refractivity (Wildman–Crippen MR) is 42.1 cm³/mol. The highest BCUT2D eigenvalue weighted by molar-refractivity contribution is 7.87. The second kappa shape index (κ2) is 4.66. The van der Waals surface area contributed by atoms with Crippen LogP contribution in [0, 0.1) is 5.92 Å². The Kier molecular flexibility index (Phi) is 4.58. The number of nitrogens with two attached hydrogens (primary N) is 1. The molecule has 0 aliphatic rings. The summed E-state index contributed by atoms with van der Waals surface area (Å²) in [7, 11) is -1.98. The van der Waals surface area contributed by atoms with Crippen LogP contribution < -0.4 is 9.86 Å². The van der Waals surface area contributed by atoms with Gasteiger partial charge in [0.05, 0.1) is 0 Å².